The second-order valence-corrected chi connectivity index (χ2v) is 4.25. The zero-order valence-electron chi connectivity index (χ0n) is 8.92. The van der Waals surface area contributed by atoms with Crippen molar-refractivity contribution in [1.29, 1.82) is 0 Å². The molecule has 2 nitrogen and oxygen atoms in total. The molecule has 0 amide bonds. The highest BCUT2D eigenvalue weighted by molar-refractivity contribution is 6.31. The molecule has 0 spiro atoms. The van der Waals surface area contributed by atoms with Crippen LogP contribution in [0.5, 0.6) is 5.75 Å². The quantitative estimate of drug-likeness (QED) is 0.854. The van der Waals surface area contributed by atoms with E-state index in [2.05, 4.69) is 12.2 Å². The Morgan fingerprint density at radius 1 is 1.53 bits per heavy atom. The lowest BCUT2D eigenvalue weighted by Gasteiger charge is -2.13. The first-order valence-electron chi connectivity index (χ1n) is 5.45. The monoisotopic (exact) mass is 225 g/mol. The van der Waals surface area contributed by atoms with Gasteiger partial charge >= 0.3 is 0 Å². The number of aryl methyl sites for hydroxylation is 1. The largest absolute Gasteiger partial charge is 0.489 e. The Morgan fingerprint density at radius 2 is 2.40 bits per heavy atom. The van der Waals surface area contributed by atoms with Crippen molar-refractivity contribution in [3.05, 3.63) is 28.8 Å². The smallest absolute Gasteiger partial charge is 0.121 e. The van der Waals surface area contributed by atoms with E-state index in [-0.39, 0.29) is 0 Å². The summed E-state index contributed by atoms with van der Waals surface area (Å²) < 4.78 is 5.81. The molecule has 1 aliphatic rings. The summed E-state index contributed by atoms with van der Waals surface area (Å²) in [6.07, 6.45) is 2.34. The van der Waals surface area contributed by atoms with Gasteiger partial charge in [-0.15, -0.1) is 0 Å². The first kappa shape index (κ1) is 10.8. The van der Waals surface area contributed by atoms with Gasteiger partial charge in [0.2, 0.25) is 0 Å². The van der Waals surface area contributed by atoms with Crippen LogP contribution >= 0.6 is 11.6 Å². The van der Waals surface area contributed by atoms with Gasteiger partial charge in [-0.3, -0.25) is 0 Å². The molecule has 0 bridgehead atoms. The van der Waals surface area contributed by atoms with Crippen LogP contribution in [0, 0.1) is 0 Å². The Hall–Kier alpha value is -0.730. The van der Waals surface area contributed by atoms with Crippen molar-refractivity contribution in [2.24, 2.45) is 0 Å². The first-order valence-corrected chi connectivity index (χ1v) is 5.83. The summed E-state index contributed by atoms with van der Waals surface area (Å²) in [4.78, 5) is 0. The van der Waals surface area contributed by atoms with Crippen molar-refractivity contribution in [2.75, 3.05) is 13.1 Å². The Balaban J connectivity index is 2.05. The van der Waals surface area contributed by atoms with E-state index < -0.39 is 0 Å². The average molecular weight is 226 g/mol. The zero-order valence-corrected chi connectivity index (χ0v) is 9.68. The lowest BCUT2D eigenvalue weighted by molar-refractivity contribution is 0.223. The van der Waals surface area contributed by atoms with Crippen LogP contribution in [0.3, 0.4) is 0 Å². The molecular formula is C12H16ClNO. The van der Waals surface area contributed by atoms with Crippen LogP contribution in [0.25, 0.3) is 0 Å². The standard InChI is InChI=1S/C12H16ClNO/c1-2-9-3-4-10(7-12(9)13)15-11-5-6-14-8-11/h3-4,7,11,14H,2,5-6,8H2,1H3. The number of hydrogen-bond donors (Lipinski definition) is 1. The van der Waals surface area contributed by atoms with E-state index in [0.29, 0.717) is 6.10 Å². The highest BCUT2D eigenvalue weighted by atomic mass is 35.5. The molecule has 3 heteroatoms. The van der Waals surface area contributed by atoms with Crippen molar-refractivity contribution < 1.29 is 4.74 Å². The van der Waals surface area contributed by atoms with Crippen molar-refractivity contribution in [3.63, 3.8) is 0 Å². The third kappa shape index (κ3) is 2.64. The second kappa shape index (κ2) is 4.86. The minimum atomic E-state index is 0.300. The Labute approximate surface area is 95.6 Å². The van der Waals surface area contributed by atoms with Gasteiger partial charge in [-0.25, -0.2) is 0 Å². The number of ether oxygens (including phenoxy) is 1. The summed E-state index contributed by atoms with van der Waals surface area (Å²) in [5.41, 5.74) is 1.17. The predicted octanol–water partition coefficient (Wildman–Crippen LogP) is 2.64. The van der Waals surface area contributed by atoms with Gasteiger partial charge in [-0.2, -0.15) is 0 Å². The molecule has 0 aromatic heterocycles. The Morgan fingerprint density at radius 3 is 3.00 bits per heavy atom. The van der Waals surface area contributed by atoms with E-state index >= 15 is 0 Å². The third-order valence-corrected chi connectivity index (χ3v) is 3.08. The van der Waals surface area contributed by atoms with Crippen LogP contribution in [0.15, 0.2) is 18.2 Å². The fourth-order valence-electron chi connectivity index (χ4n) is 1.81. The van der Waals surface area contributed by atoms with Gasteiger partial charge in [0.25, 0.3) is 0 Å². The molecule has 15 heavy (non-hydrogen) atoms. The molecule has 1 aliphatic heterocycles. The summed E-state index contributed by atoms with van der Waals surface area (Å²) in [6, 6.07) is 5.96. The minimum Gasteiger partial charge on any atom is -0.489 e. The van der Waals surface area contributed by atoms with E-state index in [9.17, 15) is 0 Å². The molecule has 0 saturated carbocycles. The van der Waals surface area contributed by atoms with E-state index in [0.717, 1.165) is 36.7 Å². The van der Waals surface area contributed by atoms with Crippen LogP contribution in [-0.2, 0) is 6.42 Å². The van der Waals surface area contributed by atoms with Crippen LogP contribution in [0.2, 0.25) is 5.02 Å². The Kier molecular flexibility index (Phi) is 3.49. The summed E-state index contributed by atoms with van der Waals surface area (Å²) in [5.74, 6) is 0.880. The molecular weight excluding hydrogens is 210 g/mol. The van der Waals surface area contributed by atoms with E-state index in [4.69, 9.17) is 16.3 Å². The van der Waals surface area contributed by atoms with Gasteiger partial charge in [-0.1, -0.05) is 24.6 Å². The predicted molar refractivity (Wildman–Crippen MR) is 62.7 cm³/mol. The second-order valence-electron chi connectivity index (χ2n) is 3.84. The molecule has 0 aliphatic carbocycles. The number of nitrogens with one attached hydrogen (secondary N) is 1. The number of hydrogen-bond acceptors (Lipinski definition) is 2. The van der Waals surface area contributed by atoms with Crippen LogP contribution in [0.1, 0.15) is 18.9 Å². The molecule has 1 N–H and O–H groups in total. The Bertz CT molecular complexity index is 334. The highest BCUT2D eigenvalue weighted by Gasteiger charge is 2.15. The summed E-state index contributed by atoms with van der Waals surface area (Å²) in [6.45, 7) is 4.08. The van der Waals surface area contributed by atoms with Crippen molar-refractivity contribution in [2.45, 2.75) is 25.9 Å². The maximum Gasteiger partial charge on any atom is 0.121 e. The highest BCUT2D eigenvalue weighted by Crippen LogP contribution is 2.24. The number of rotatable bonds is 3. The van der Waals surface area contributed by atoms with Crippen molar-refractivity contribution in [1.82, 2.24) is 5.32 Å². The normalized spacial score (nSPS) is 20.5. The lowest BCUT2D eigenvalue weighted by Crippen LogP contribution is -2.19. The van der Waals surface area contributed by atoms with Gasteiger partial charge in [0.15, 0.2) is 0 Å². The molecule has 82 valence electrons. The topological polar surface area (TPSA) is 21.3 Å². The summed E-state index contributed by atoms with van der Waals surface area (Å²) >= 11 is 6.12. The third-order valence-electron chi connectivity index (χ3n) is 2.72. The first-order chi connectivity index (χ1) is 7.29. The van der Waals surface area contributed by atoms with E-state index in [1.807, 2.05) is 18.2 Å². The molecule has 1 unspecified atom stereocenters. The minimum absolute atomic E-state index is 0.300. The molecule has 1 atom stereocenters. The van der Waals surface area contributed by atoms with E-state index in [1.54, 1.807) is 0 Å². The van der Waals surface area contributed by atoms with Crippen molar-refractivity contribution >= 4 is 11.6 Å². The molecule has 0 radical (unpaired) electrons. The number of halogens is 1. The summed E-state index contributed by atoms with van der Waals surface area (Å²) in [5, 5.41) is 4.08. The molecule has 1 aromatic rings. The van der Waals surface area contributed by atoms with Gasteiger partial charge in [0.1, 0.15) is 11.9 Å². The van der Waals surface area contributed by atoms with Crippen LogP contribution in [0.4, 0.5) is 0 Å². The lowest BCUT2D eigenvalue weighted by atomic mass is 10.1. The molecule has 1 heterocycles. The molecule has 1 aromatic carbocycles. The zero-order chi connectivity index (χ0) is 10.7. The fraction of sp³-hybridized carbons (Fsp3) is 0.500. The molecule has 2 rings (SSSR count). The molecule has 1 fully saturated rings. The van der Waals surface area contributed by atoms with Gasteiger partial charge in [0.05, 0.1) is 0 Å². The maximum absolute atomic E-state index is 6.12. The average Bonchev–Trinajstić information content (AvgIpc) is 2.71. The van der Waals surface area contributed by atoms with Gasteiger partial charge < -0.3 is 10.1 Å². The van der Waals surface area contributed by atoms with Crippen molar-refractivity contribution in [3.8, 4) is 5.75 Å². The SMILES string of the molecule is CCc1ccc(OC2CCNC2)cc1Cl. The van der Waals surface area contributed by atoms with Gasteiger partial charge in [0, 0.05) is 11.6 Å². The van der Waals surface area contributed by atoms with Crippen LogP contribution < -0.4 is 10.1 Å². The molecule has 1 saturated heterocycles. The van der Waals surface area contributed by atoms with E-state index in [1.165, 1.54) is 5.56 Å². The fourth-order valence-corrected chi connectivity index (χ4v) is 2.11. The summed E-state index contributed by atoms with van der Waals surface area (Å²) in [7, 11) is 0. The maximum atomic E-state index is 6.12. The van der Waals surface area contributed by atoms with Crippen LogP contribution in [-0.4, -0.2) is 19.2 Å². The number of benzene rings is 1. The van der Waals surface area contributed by atoms with Gasteiger partial charge in [-0.05, 0) is 37.1 Å².